The topological polar surface area (TPSA) is 105 Å². The zero-order valence-electron chi connectivity index (χ0n) is 20.1. The van der Waals surface area contributed by atoms with Gasteiger partial charge in [-0.2, -0.15) is 0 Å². The summed E-state index contributed by atoms with van der Waals surface area (Å²) in [5, 5.41) is 5.39. The van der Waals surface area contributed by atoms with E-state index in [0.29, 0.717) is 18.4 Å². The number of ether oxygens (including phenoxy) is 1. The number of aryl methyl sites for hydroxylation is 1. The number of ketones is 1. The van der Waals surface area contributed by atoms with E-state index < -0.39 is 23.6 Å². The molecule has 3 amide bonds. The lowest BCUT2D eigenvalue weighted by Crippen LogP contribution is -2.55. The van der Waals surface area contributed by atoms with Gasteiger partial charge < -0.3 is 20.3 Å². The van der Waals surface area contributed by atoms with Crippen molar-refractivity contribution >= 4 is 40.8 Å². The third-order valence-corrected chi connectivity index (χ3v) is 8.46. The molecule has 35 heavy (non-hydrogen) atoms. The van der Waals surface area contributed by atoms with Crippen molar-refractivity contribution < 1.29 is 23.9 Å². The summed E-state index contributed by atoms with van der Waals surface area (Å²) in [5.74, 6) is -0.794. The fourth-order valence-corrected chi connectivity index (χ4v) is 6.25. The smallest absolute Gasteiger partial charge is 0.251 e. The van der Waals surface area contributed by atoms with Crippen molar-refractivity contribution in [2.24, 2.45) is 11.3 Å². The summed E-state index contributed by atoms with van der Waals surface area (Å²) >= 11 is 6.44. The molecule has 2 N–H and O–H groups in total. The van der Waals surface area contributed by atoms with Gasteiger partial charge in [0.1, 0.15) is 24.8 Å². The second-order valence-electron chi connectivity index (χ2n) is 11.1. The highest BCUT2D eigenvalue weighted by Crippen LogP contribution is 2.40. The predicted octanol–water partition coefficient (Wildman–Crippen LogP) is 2.67. The third kappa shape index (κ3) is 4.70. The average Bonchev–Trinajstić information content (AvgIpc) is 3.37. The molecule has 2 saturated heterocycles. The third-order valence-electron chi connectivity index (χ3n) is 8.08. The molecule has 0 spiro atoms. The van der Waals surface area contributed by atoms with Crippen molar-refractivity contribution in [3.63, 3.8) is 0 Å². The minimum atomic E-state index is -0.745. The number of anilines is 1. The van der Waals surface area contributed by atoms with Gasteiger partial charge in [-0.05, 0) is 67.2 Å². The van der Waals surface area contributed by atoms with Gasteiger partial charge in [0.2, 0.25) is 11.8 Å². The van der Waals surface area contributed by atoms with Crippen LogP contribution in [0.1, 0.15) is 61.9 Å². The number of fused-ring (bicyclic) bond motifs is 2. The van der Waals surface area contributed by atoms with Gasteiger partial charge >= 0.3 is 0 Å². The van der Waals surface area contributed by atoms with E-state index in [2.05, 4.69) is 24.5 Å². The summed E-state index contributed by atoms with van der Waals surface area (Å²) in [5.41, 5.74) is 2.27. The number of nitrogens with one attached hydrogen (secondary N) is 2. The van der Waals surface area contributed by atoms with Crippen LogP contribution >= 0.6 is 11.6 Å². The van der Waals surface area contributed by atoms with E-state index in [9.17, 15) is 19.2 Å². The first-order valence-corrected chi connectivity index (χ1v) is 12.9. The number of carbonyl (C=O) groups is 4. The van der Waals surface area contributed by atoms with Gasteiger partial charge in [-0.25, -0.2) is 0 Å². The molecule has 9 heteroatoms. The average molecular weight is 502 g/mol. The Morgan fingerprint density at radius 1 is 1.20 bits per heavy atom. The van der Waals surface area contributed by atoms with Crippen molar-refractivity contribution in [3.8, 4) is 0 Å². The van der Waals surface area contributed by atoms with E-state index in [4.69, 9.17) is 16.3 Å². The molecule has 4 atom stereocenters. The molecule has 3 heterocycles. The van der Waals surface area contributed by atoms with Gasteiger partial charge in [0.05, 0.1) is 5.38 Å². The van der Waals surface area contributed by atoms with Crippen LogP contribution in [-0.2, 0) is 25.5 Å². The Morgan fingerprint density at radius 2 is 1.94 bits per heavy atom. The van der Waals surface area contributed by atoms with Gasteiger partial charge in [0.25, 0.3) is 5.91 Å². The van der Waals surface area contributed by atoms with Crippen molar-refractivity contribution in [3.05, 3.63) is 29.3 Å². The van der Waals surface area contributed by atoms with Crippen LogP contribution in [0, 0.1) is 11.3 Å². The summed E-state index contributed by atoms with van der Waals surface area (Å²) in [4.78, 5) is 52.9. The van der Waals surface area contributed by atoms with Gasteiger partial charge in [-0.1, -0.05) is 13.8 Å². The normalized spacial score (nSPS) is 28.8. The molecule has 8 nitrogen and oxygen atoms in total. The molecule has 5 rings (SSSR count). The maximum Gasteiger partial charge on any atom is 0.251 e. The van der Waals surface area contributed by atoms with Gasteiger partial charge in [0.15, 0.2) is 5.78 Å². The van der Waals surface area contributed by atoms with Crippen molar-refractivity contribution in [1.29, 1.82) is 0 Å². The molecule has 3 fully saturated rings. The Kier molecular flexibility index (Phi) is 6.38. The number of nitrogens with zero attached hydrogens (tertiary/aromatic N) is 1. The van der Waals surface area contributed by atoms with Gasteiger partial charge in [-0.3, -0.25) is 19.2 Å². The van der Waals surface area contributed by atoms with E-state index in [1.165, 1.54) is 4.90 Å². The number of likely N-dealkylation sites (tertiary alicyclic amines) is 1. The Hall–Kier alpha value is -2.45. The van der Waals surface area contributed by atoms with Crippen LogP contribution in [0.4, 0.5) is 5.69 Å². The van der Waals surface area contributed by atoms with Crippen LogP contribution < -0.4 is 10.6 Å². The summed E-state index contributed by atoms with van der Waals surface area (Å²) in [6.45, 7) is 4.64. The van der Waals surface area contributed by atoms with Crippen LogP contribution in [0.15, 0.2) is 18.2 Å². The molecular weight excluding hydrogens is 470 g/mol. The fourth-order valence-electron chi connectivity index (χ4n) is 5.89. The molecule has 0 unspecified atom stereocenters. The van der Waals surface area contributed by atoms with Crippen LogP contribution in [0.25, 0.3) is 0 Å². The monoisotopic (exact) mass is 501 g/mol. The van der Waals surface area contributed by atoms with E-state index in [1.807, 2.05) is 0 Å². The van der Waals surface area contributed by atoms with Gasteiger partial charge in [0, 0.05) is 24.2 Å². The standard InChI is InChI=1S/C26H32ClN3O5/c1-26(2)9-7-14(8-10-26)21(25(34)30-12-17(27)23-22(30)19(31)13-35-23)29-24(33)16-3-5-18-15(11-16)4-6-20(32)28-18/h3,5,11,14,17,21-23H,4,6-10,12-13H2,1-2H3,(H,28,32)(H,29,33)/t17-,21-,22+,23+/m0/s1. The molecule has 3 aliphatic heterocycles. The van der Waals surface area contributed by atoms with Crippen molar-refractivity contribution in [1.82, 2.24) is 10.2 Å². The Labute approximate surface area is 210 Å². The molecule has 188 valence electrons. The van der Waals surface area contributed by atoms with Crippen LogP contribution in [0.5, 0.6) is 0 Å². The molecule has 4 aliphatic rings. The number of hydrogen-bond donors (Lipinski definition) is 2. The second-order valence-corrected chi connectivity index (χ2v) is 11.6. The minimum Gasteiger partial charge on any atom is -0.366 e. The van der Waals surface area contributed by atoms with E-state index in [1.54, 1.807) is 18.2 Å². The molecule has 1 saturated carbocycles. The number of halogens is 1. The Morgan fingerprint density at radius 3 is 2.69 bits per heavy atom. The maximum absolute atomic E-state index is 13.9. The summed E-state index contributed by atoms with van der Waals surface area (Å²) in [6.07, 6.45) is 4.01. The lowest BCUT2D eigenvalue weighted by Gasteiger charge is -2.39. The number of hydrogen-bond acceptors (Lipinski definition) is 5. The second kappa shape index (κ2) is 9.21. The zero-order chi connectivity index (χ0) is 24.9. The molecule has 1 aromatic rings. The zero-order valence-corrected chi connectivity index (χ0v) is 20.9. The highest BCUT2D eigenvalue weighted by molar-refractivity contribution is 6.22. The SMILES string of the molecule is CC1(C)CCC([C@H](NC(=O)c2ccc3c(c2)CCC(=O)N3)C(=O)N2C[C@H](Cl)[C@H]3OCC(=O)[C@H]32)CC1. The Balaban J connectivity index is 1.39. The van der Waals surface area contributed by atoms with E-state index >= 15 is 0 Å². The number of Topliss-reactive ketones (excluding diaryl/α,β-unsaturated/α-hetero) is 1. The number of benzene rings is 1. The number of amides is 3. The molecule has 1 aliphatic carbocycles. The predicted molar refractivity (Wildman–Crippen MR) is 130 cm³/mol. The number of rotatable bonds is 4. The first-order chi connectivity index (χ1) is 16.6. The molecule has 0 bridgehead atoms. The molecule has 1 aromatic carbocycles. The maximum atomic E-state index is 13.9. The van der Waals surface area contributed by atoms with Crippen molar-refractivity contribution in [2.45, 2.75) is 75.9 Å². The molecule has 0 radical (unpaired) electrons. The van der Waals surface area contributed by atoms with E-state index in [0.717, 1.165) is 36.9 Å². The first kappa shape index (κ1) is 24.3. The van der Waals surface area contributed by atoms with Crippen LogP contribution in [0.2, 0.25) is 0 Å². The molecule has 0 aromatic heterocycles. The molecular formula is C26H32ClN3O5. The number of alkyl halides is 1. The van der Waals surface area contributed by atoms with Crippen LogP contribution in [0.3, 0.4) is 0 Å². The lowest BCUT2D eigenvalue weighted by atomic mass is 9.71. The number of carbonyl (C=O) groups excluding carboxylic acids is 4. The summed E-state index contributed by atoms with van der Waals surface area (Å²) < 4.78 is 5.55. The van der Waals surface area contributed by atoms with Gasteiger partial charge in [-0.15, -0.1) is 11.6 Å². The highest BCUT2D eigenvalue weighted by Gasteiger charge is 2.53. The van der Waals surface area contributed by atoms with E-state index in [-0.39, 0.29) is 48.0 Å². The largest absolute Gasteiger partial charge is 0.366 e. The minimum absolute atomic E-state index is 0.0263. The highest BCUT2D eigenvalue weighted by atomic mass is 35.5. The van der Waals surface area contributed by atoms with Crippen LogP contribution in [-0.4, -0.2) is 65.1 Å². The lowest BCUT2D eigenvalue weighted by molar-refractivity contribution is -0.139. The summed E-state index contributed by atoms with van der Waals surface area (Å²) in [6, 6.07) is 3.76. The first-order valence-electron chi connectivity index (χ1n) is 12.5. The fraction of sp³-hybridized carbons (Fsp3) is 0.615. The summed E-state index contributed by atoms with van der Waals surface area (Å²) in [7, 11) is 0. The Bertz CT molecular complexity index is 1060. The van der Waals surface area contributed by atoms with Crippen molar-refractivity contribution in [2.75, 3.05) is 18.5 Å². The quantitative estimate of drug-likeness (QED) is 0.617.